The topological polar surface area (TPSA) is 57.5 Å². The molecule has 3 rings (SSSR count). The summed E-state index contributed by atoms with van der Waals surface area (Å²) in [6, 6.07) is 7.01. The van der Waals surface area contributed by atoms with E-state index >= 15 is 0 Å². The van der Waals surface area contributed by atoms with Crippen LogP contribution in [-0.4, -0.2) is 16.2 Å². The van der Waals surface area contributed by atoms with Gasteiger partial charge in [-0.05, 0) is 35.4 Å². The van der Waals surface area contributed by atoms with Gasteiger partial charge in [0, 0.05) is 11.1 Å². The Kier molecular flexibility index (Phi) is 2.24. The number of carboxylic acid groups (broad SMARTS) is 1. The molecule has 0 bridgehead atoms. The smallest absolute Gasteiger partial charge is 0.345 e. The summed E-state index contributed by atoms with van der Waals surface area (Å²) >= 11 is 0. The summed E-state index contributed by atoms with van der Waals surface area (Å²) in [4.78, 5) is 11.4. The van der Waals surface area contributed by atoms with Crippen LogP contribution in [0.3, 0.4) is 0 Å². The average Bonchev–Trinajstić information content (AvgIpc) is 2.60. The van der Waals surface area contributed by atoms with E-state index in [1.54, 1.807) is 0 Å². The van der Waals surface area contributed by atoms with Crippen LogP contribution in [0.1, 0.15) is 11.1 Å². The van der Waals surface area contributed by atoms with Crippen molar-refractivity contribution >= 4 is 5.97 Å². The third-order valence-electron chi connectivity index (χ3n) is 3.34. The second-order valence-corrected chi connectivity index (χ2v) is 4.40. The fourth-order valence-corrected chi connectivity index (χ4v) is 2.48. The second kappa shape index (κ2) is 3.61. The highest BCUT2D eigenvalue weighted by Gasteiger charge is 2.48. The lowest BCUT2D eigenvalue weighted by atomic mass is 9.91. The molecule has 0 spiro atoms. The van der Waals surface area contributed by atoms with Crippen molar-refractivity contribution < 1.29 is 23.8 Å². The third kappa shape index (κ3) is 1.42. The Morgan fingerprint density at radius 1 is 0.947 bits per heavy atom. The van der Waals surface area contributed by atoms with Gasteiger partial charge in [-0.15, -0.1) is 0 Å². The van der Waals surface area contributed by atoms with E-state index in [1.165, 1.54) is 24.3 Å². The van der Waals surface area contributed by atoms with E-state index in [2.05, 4.69) is 0 Å². The van der Waals surface area contributed by atoms with Gasteiger partial charge < -0.3 is 10.2 Å². The molecule has 2 N–H and O–H groups in total. The highest BCUT2D eigenvalue weighted by atomic mass is 19.1. The van der Waals surface area contributed by atoms with Crippen LogP contribution in [0.15, 0.2) is 36.4 Å². The maximum atomic E-state index is 13.3. The summed E-state index contributed by atoms with van der Waals surface area (Å²) in [5.41, 5.74) is -1.81. The van der Waals surface area contributed by atoms with Gasteiger partial charge in [0.25, 0.3) is 0 Å². The molecule has 0 atom stereocenters. The van der Waals surface area contributed by atoms with Crippen LogP contribution in [0, 0.1) is 11.6 Å². The molecule has 0 aliphatic heterocycles. The minimum absolute atomic E-state index is 0.0828. The van der Waals surface area contributed by atoms with Crippen molar-refractivity contribution in [2.75, 3.05) is 0 Å². The van der Waals surface area contributed by atoms with Crippen LogP contribution in [0.2, 0.25) is 0 Å². The van der Waals surface area contributed by atoms with Gasteiger partial charge in [0.05, 0.1) is 0 Å². The molecule has 2 aromatic carbocycles. The first-order valence-corrected chi connectivity index (χ1v) is 5.51. The SMILES string of the molecule is O=C(O)C1(O)c2cc(F)ccc2-c2ccc(F)cc21. The van der Waals surface area contributed by atoms with Gasteiger partial charge in [-0.25, -0.2) is 13.6 Å². The molecular formula is C14H8F2O3. The zero-order chi connectivity index (χ0) is 13.8. The number of aliphatic hydroxyl groups is 1. The van der Waals surface area contributed by atoms with Gasteiger partial charge in [0.2, 0.25) is 5.60 Å². The first-order chi connectivity index (χ1) is 8.94. The molecule has 0 saturated heterocycles. The number of aliphatic carboxylic acids is 1. The van der Waals surface area contributed by atoms with Gasteiger partial charge in [-0.3, -0.25) is 0 Å². The van der Waals surface area contributed by atoms with Gasteiger partial charge in [-0.1, -0.05) is 12.1 Å². The summed E-state index contributed by atoms with van der Waals surface area (Å²) < 4.78 is 26.6. The molecule has 1 aliphatic rings. The third-order valence-corrected chi connectivity index (χ3v) is 3.34. The number of carboxylic acids is 1. The lowest BCUT2D eigenvalue weighted by Crippen LogP contribution is -2.34. The summed E-state index contributed by atoms with van der Waals surface area (Å²) in [6.07, 6.45) is 0. The molecule has 0 fully saturated rings. The largest absolute Gasteiger partial charge is 0.479 e. The number of hydrogen-bond donors (Lipinski definition) is 2. The Morgan fingerprint density at radius 2 is 1.37 bits per heavy atom. The maximum absolute atomic E-state index is 13.3. The molecule has 96 valence electrons. The first kappa shape index (κ1) is 11.8. The van der Waals surface area contributed by atoms with Gasteiger partial charge >= 0.3 is 5.97 Å². The average molecular weight is 262 g/mol. The molecule has 2 aromatic rings. The quantitative estimate of drug-likeness (QED) is 0.828. The standard InChI is InChI=1S/C14H8F2O3/c15-7-1-3-9-10-4-2-8(16)6-12(10)14(19,13(17)18)11(9)5-7/h1-6,19H,(H,17,18). The molecule has 0 saturated carbocycles. The van der Waals surface area contributed by atoms with Crippen molar-refractivity contribution in [2.24, 2.45) is 0 Å². The summed E-state index contributed by atoms with van der Waals surface area (Å²) in [5.74, 6) is -2.89. The normalized spacial score (nSPS) is 14.9. The molecule has 1 aliphatic carbocycles. The van der Waals surface area contributed by atoms with Crippen molar-refractivity contribution in [1.82, 2.24) is 0 Å². The van der Waals surface area contributed by atoms with Crippen LogP contribution < -0.4 is 0 Å². The monoisotopic (exact) mass is 262 g/mol. The Bertz CT molecular complexity index is 658. The fraction of sp³-hybridized carbons (Fsp3) is 0.0714. The zero-order valence-corrected chi connectivity index (χ0v) is 9.52. The second-order valence-electron chi connectivity index (χ2n) is 4.40. The Hall–Kier alpha value is -2.27. The molecule has 0 amide bonds. The van der Waals surface area contributed by atoms with Crippen molar-refractivity contribution in [1.29, 1.82) is 0 Å². The number of hydrogen-bond acceptors (Lipinski definition) is 2. The van der Waals surface area contributed by atoms with E-state index < -0.39 is 23.2 Å². The highest BCUT2D eigenvalue weighted by Crippen LogP contribution is 2.47. The van der Waals surface area contributed by atoms with Gasteiger partial charge in [0.15, 0.2) is 0 Å². The van der Waals surface area contributed by atoms with Crippen LogP contribution in [-0.2, 0) is 10.4 Å². The lowest BCUT2D eigenvalue weighted by Gasteiger charge is -2.20. The number of carbonyl (C=O) groups is 1. The molecular weight excluding hydrogens is 254 g/mol. The summed E-state index contributed by atoms with van der Waals surface area (Å²) in [6.45, 7) is 0. The summed E-state index contributed by atoms with van der Waals surface area (Å²) in [7, 11) is 0. The van der Waals surface area contributed by atoms with Crippen LogP contribution in [0.25, 0.3) is 11.1 Å². The van der Waals surface area contributed by atoms with E-state index in [-0.39, 0.29) is 11.1 Å². The van der Waals surface area contributed by atoms with Gasteiger partial charge in [0.1, 0.15) is 11.6 Å². The van der Waals surface area contributed by atoms with E-state index in [4.69, 9.17) is 0 Å². The maximum Gasteiger partial charge on any atom is 0.345 e. The summed E-state index contributed by atoms with van der Waals surface area (Å²) in [5, 5.41) is 19.6. The van der Waals surface area contributed by atoms with Crippen LogP contribution >= 0.6 is 0 Å². The molecule has 0 heterocycles. The number of benzene rings is 2. The van der Waals surface area contributed by atoms with Crippen molar-refractivity contribution in [3.05, 3.63) is 59.2 Å². The van der Waals surface area contributed by atoms with Crippen LogP contribution in [0.5, 0.6) is 0 Å². The van der Waals surface area contributed by atoms with E-state index in [9.17, 15) is 23.8 Å². The molecule has 19 heavy (non-hydrogen) atoms. The Balaban J connectivity index is 2.42. The van der Waals surface area contributed by atoms with Crippen molar-refractivity contribution in [2.45, 2.75) is 5.60 Å². The van der Waals surface area contributed by atoms with E-state index in [0.29, 0.717) is 11.1 Å². The number of halogens is 2. The first-order valence-electron chi connectivity index (χ1n) is 5.51. The molecule has 3 nitrogen and oxygen atoms in total. The highest BCUT2D eigenvalue weighted by molar-refractivity contribution is 5.95. The molecule has 5 heteroatoms. The Morgan fingerprint density at radius 3 is 1.74 bits per heavy atom. The van der Waals surface area contributed by atoms with Crippen molar-refractivity contribution in [3.63, 3.8) is 0 Å². The minimum Gasteiger partial charge on any atom is -0.479 e. The molecule has 0 aromatic heterocycles. The fourth-order valence-electron chi connectivity index (χ4n) is 2.48. The van der Waals surface area contributed by atoms with Crippen LogP contribution in [0.4, 0.5) is 8.78 Å². The van der Waals surface area contributed by atoms with E-state index in [0.717, 1.165) is 12.1 Å². The van der Waals surface area contributed by atoms with Crippen molar-refractivity contribution in [3.8, 4) is 11.1 Å². The minimum atomic E-state index is -2.42. The van der Waals surface area contributed by atoms with Gasteiger partial charge in [-0.2, -0.15) is 0 Å². The predicted molar refractivity (Wildman–Crippen MR) is 62.4 cm³/mol. The lowest BCUT2D eigenvalue weighted by molar-refractivity contribution is -0.154. The number of fused-ring (bicyclic) bond motifs is 3. The predicted octanol–water partition coefficient (Wildman–Crippen LogP) is 2.27. The molecule has 0 unspecified atom stereocenters. The van der Waals surface area contributed by atoms with E-state index in [1.807, 2.05) is 0 Å². The zero-order valence-electron chi connectivity index (χ0n) is 9.52. The number of rotatable bonds is 1. The Labute approximate surface area is 106 Å². The molecule has 0 radical (unpaired) electrons.